The Morgan fingerprint density at radius 3 is 2.22 bits per heavy atom. The lowest BCUT2D eigenvalue weighted by atomic mass is 10.1. The van der Waals surface area contributed by atoms with Crippen LogP contribution in [0.3, 0.4) is 0 Å². The van der Waals surface area contributed by atoms with Gasteiger partial charge in [0, 0.05) is 6.04 Å². The number of unbranched alkanes of at least 4 members (excludes halogenated alkanes) is 1. The Balaban J connectivity index is 2.95. The van der Waals surface area contributed by atoms with E-state index in [2.05, 4.69) is 13.8 Å². The van der Waals surface area contributed by atoms with E-state index in [-0.39, 0.29) is 0 Å². The molecule has 1 radical (unpaired) electrons. The van der Waals surface area contributed by atoms with Crippen LogP contribution in [-0.2, 0) is 0 Å². The molecule has 0 aromatic rings. The van der Waals surface area contributed by atoms with E-state index in [9.17, 15) is 0 Å². The second-order valence-electron chi connectivity index (χ2n) is 2.51. The maximum absolute atomic E-state index is 5.69. The molecule has 1 nitrogen and oxygen atoms in total. The standard InChI is InChI=1S/C8H18N/c1-3-5-7-8(9)6-4-2/h3-7,9H2,1-2H3. The van der Waals surface area contributed by atoms with Crippen LogP contribution < -0.4 is 5.73 Å². The van der Waals surface area contributed by atoms with Crippen LogP contribution in [0.15, 0.2) is 0 Å². The minimum absolute atomic E-state index is 1.11. The number of hydrogen-bond donors (Lipinski definition) is 1. The van der Waals surface area contributed by atoms with Crippen LogP contribution in [0.5, 0.6) is 0 Å². The molecule has 1 heteroatoms. The van der Waals surface area contributed by atoms with Crippen molar-refractivity contribution in [1.82, 2.24) is 0 Å². The molecule has 0 fully saturated rings. The lowest BCUT2D eigenvalue weighted by molar-refractivity contribution is 0.649. The first-order valence-electron chi connectivity index (χ1n) is 3.91. The van der Waals surface area contributed by atoms with Crippen molar-refractivity contribution in [1.29, 1.82) is 0 Å². The van der Waals surface area contributed by atoms with Gasteiger partial charge < -0.3 is 5.73 Å². The first-order valence-corrected chi connectivity index (χ1v) is 3.91. The molecule has 0 unspecified atom stereocenters. The molecule has 0 aliphatic heterocycles. The molecule has 0 heterocycles. The molecule has 2 N–H and O–H groups in total. The fourth-order valence-corrected chi connectivity index (χ4v) is 0.850. The summed E-state index contributed by atoms with van der Waals surface area (Å²) in [5, 5.41) is 0. The Morgan fingerprint density at radius 2 is 1.78 bits per heavy atom. The smallest absolute Gasteiger partial charge is 0.0336 e. The Hall–Kier alpha value is -0.0400. The van der Waals surface area contributed by atoms with E-state index in [1.165, 1.54) is 25.3 Å². The molecule has 0 aliphatic carbocycles. The van der Waals surface area contributed by atoms with E-state index in [1.54, 1.807) is 0 Å². The second kappa shape index (κ2) is 6.09. The fourth-order valence-electron chi connectivity index (χ4n) is 0.850. The predicted molar refractivity (Wildman–Crippen MR) is 41.9 cm³/mol. The van der Waals surface area contributed by atoms with Gasteiger partial charge in [0.2, 0.25) is 0 Å². The van der Waals surface area contributed by atoms with Crippen LogP contribution in [0.1, 0.15) is 46.0 Å². The normalized spacial score (nSPS) is 10.7. The van der Waals surface area contributed by atoms with Gasteiger partial charge in [-0.15, -0.1) is 0 Å². The van der Waals surface area contributed by atoms with Crippen LogP contribution in [0, 0.1) is 6.04 Å². The first kappa shape index (κ1) is 8.96. The zero-order valence-electron chi connectivity index (χ0n) is 6.61. The molecule has 0 amide bonds. The molecule has 0 aromatic heterocycles. The van der Waals surface area contributed by atoms with Gasteiger partial charge in [0.25, 0.3) is 0 Å². The van der Waals surface area contributed by atoms with Crippen LogP contribution in [0.2, 0.25) is 0 Å². The van der Waals surface area contributed by atoms with Crippen LogP contribution >= 0.6 is 0 Å². The van der Waals surface area contributed by atoms with Gasteiger partial charge in [-0.1, -0.05) is 33.1 Å². The van der Waals surface area contributed by atoms with Crippen molar-refractivity contribution in [2.45, 2.75) is 46.0 Å². The summed E-state index contributed by atoms with van der Waals surface area (Å²) in [5.41, 5.74) is 5.69. The van der Waals surface area contributed by atoms with Gasteiger partial charge in [0.05, 0.1) is 0 Å². The third-order valence-electron chi connectivity index (χ3n) is 1.42. The molecule has 0 saturated carbocycles. The van der Waals surface area contributed by atoms with E-state index in [0.29, 0.717) is 0 Å². The molecule has 0 aromatic carbocycles. The molecule has 55 valence electrons. The summed E-state index contributed by atoms with van der Waals surface area (Å²) >= 11 is 0. The van der Waals surface area contributed by atoms with Gasteiger partial charge in [0.1, 0.15) is 0 Å². The molecule has 0 saturated heterocycles. The second-order valence-corrected chi connectivity index (χ2v) is 2.51. The number of nitrogens with two attached hydrogens (primary N) is 1. The van der Waals surface area contributed by atoms with Gasteiger partial charge in [-0.3, -0.25) is 0 Å². The van der Waals surface area contributed by atoms with E-state index in [1.807, 2.05) is 0 Å². The summed E-state index contributed by atoms with van der Waals surface area (Å²) in [5.74, 6) is 0. The molecule has 9 heavy (non-hydrogen) atoms. The zero-order chi connectivity index (χ0) is 7.11. The highest BCUT2D eigenvalue weighted by atomic mass is 14.6. The van der Waals surface area contributed by atoms with Gasteiger partial charge in [-0.2, -0.15) is 0 Å². The van der Waals surface area contributed by atoms with Crippen molar-refractivity contribution < 1.29 is 0 Å². The van der Waals surface area contributed by atoms with Crippen molar-refractivity contribution in [2.24, 2.45) is 5.73 Å². The first-order chi connectivity index (χ1) is 4.31. The topological polar surface area (TPSA) is 26.0 Å². The Labute approximate surface area is 58.6 Å². The van der Waals surface area contributed by atoms with Gasteiger partial charge in [0.15, 0.2) is 0 Å². The van der Waals surface area contributed by atoms with Gasteiger partial charge >= 0.3 is 0 Å². The molecular weight excluding hydrogens is 110 g/mol. The average molecular weight is 128 g/mol. The summed E-state index contributed by atoms with van der Waals surface area (Å²) in [6.07, 6.45) is 5.94. The lowest BCUT2D eigenvalue weighted by Gasteiger charge is -2.06. The third kappa shape index (κ3) is 5.84. The third-order valence-corrected chi connectivity index (χ3v) is 1.42. The lowest BCUT2D eigenvalue weighted by Crippen LogP contribution is -2.08. The molecule has 0 bridgehead atoms. The van der Waals surface area contributed by atoms with Gasteiger partial charge in [-0.05, 0) is 12.8 Å². The Bertz CT molecular complexity index is 52.5. The van der Waals surface area contributed by atoms with Gasteiger partial charge in [-0.25, -0.2) is 0 Å². The van der Waals surface area contributed by atoms with Crippen LogP contribution in [0.25, 0.3) is 0 Å². The highest BCUT2D eigenvalue weighted by molar-refractivity contribution is 4.80. The molecule has 0 aliphatic rings. The zero-order valence-corrected chi connectivity index (χ0v) is 6.61. The van der Waals surface area contributed by atoms with Crippen molar-refractivity contribution in [3.8, 4) is 0 Å². The highest BCUT2D eigenvalue weighted by Gasteiger charge is 1.98. The Morgan fingerprint density at radius 1 is 1.11 bits per heavy atom. The van der Waals surface area contributed by atoms with E-state index in [4.69, 9.17) is 5.73 Å². The largest absolute Gasteiger partial charge is 0.324 e. The molecular formula is C8H18N. The SMILES string of the molecule is CCCC[C](N)CCC. The quantitative estimate of drug-likeness (QED) is 0.604. The summed E-state index contributed by atoms with van der Waals surface area (Å²) in [7, 11) is 0. The minimum Gasteiger partial charge on any atom is -0.324 e. The molecule has 0 atom stereocenters. The predicted octanol–water partition coefficient (Wildman–Crippen LogP) is 2.47. The fraction of sp³-hybridized carbons (Fsp3) is 0.875. The summed E-state index contributed by atoms with van der Waals surface area (Å²) in [6.45, 7) is 4.36. The highest BCUT2D eigenvalue weighted by Crippen LogP contribution is 2.09. The van der Waals surface area contributed by atoms with E-state index in [0.717, 1.165) is 12.8 Å². The van der Waals surface area contributed by atoms with Crippen LogP contribution in [-0.4, -0.2) is 0 Å². The minimum atomic E-state index is 1.11. The summed E-state index contributed by atoms with van der Waals surface area (Å²) in [6, 6.07) is 1.18. The van der Waals surface area contributed by atoms with Crippen molar-refractivity contribution in [2.75, 3.05) is 0 Å². The van der Waals surface area contributed by atoms with Crippen molar-refractivity contribution in [3.05, 3.63) is 6.04 Å². The number of hydrogen-bond acceptors (Lipinski definition) is 1. The maximum Gasteiger partial charge on any atom is 0.0336 e. The monoisotopic (exact) mass is 128 g/mol. The Kier molecular flexibility index (Phi) is 6.06. The van der Waals surface area contributed by atoms with Crippen LogP contribution in [0.4, 0.5) is 0 Å². The maximum atomic E-state index is 5.69. The summed E-state index contributed by atoms with van der Waals surface area (Å²) < 4.78 is 0. The van der Waals surface area contributed by atoms with E-state index < -0.39 is 0 Å². The average Bonchev–Trinajstić information content (AvgIpc) is 1.85. The van der Waals surface area contributed by atoms with Crippen molar-refractivity contribution in [3.63, 3.8) is 0 Å². The van der Waals surface area contributed by atoms with E-state index >= 15 is 0 Å². The van der Waals surface area contributed by atoms with Crippen molar-refractivity contribution >= 4 is 0 Å². The molecule has 0 spiro atoms. The number of rotatable bonds is 5. The summed E-state index contributed by atoms with van der Waals surface area (Å²) in [4.78, 5) is 0. The molecule has 0 rings (SSSR count).